The van der Waals surface area contributed by atoms with Crippen molar-refractivity contribution >= 4 is 5.57 Å². The van der Waals surface area contributed by atoms with E-state index >= 15 is 0 Å². The summed E-state index contributed by atoms with van der Waals surface area (Å²) in [5.74, 6) is 0.778. The van der Waals surface area contributed by atoms with Gasteiger partial charge in [-0.15, -0.1) is 0 Å². The second kappa shape index (κ2) is 5.08. The lowest BCUT2D eigenvalue weighted by Crippen LogP contribution is -1.85. The van der Waals surface area contributed by atoms with E-state index < -0.39 is 0 Å². The van der Waals surface area contributed by atoms with E-state index in [2.05, 4.69) is 6.07 Å². The Morgan fingerprint density at radius 3 is 2.93 bits per heavy atom. The molecule has 72 valence electrons. The Hall–Kier alpha value is -1.75. The van der Waals surface area contributed by atoms with Crippen molar-refractivity contribution in [3.63, 3.8) is 0 Å². The summed E-state index contributed by atoms with van der Waals surface area (Å²) in [5, 5.41) is 8.92. The summed E-state index contributed by atoms with van der Waals surface area (Å²) in [6.45, 7) is 2.01. The van der Waals surface area contributed by atoms with Crippen LogP contribution in [0.2, 0.25) is 0 Å². The topological polar surface area (TPSA) is 33.0 Å². The summed E-state index contributed by atoms with van der Waals surface area (Å²) >= 11 is 0. The number of ether oxygens (including phenoxy) is 1. The highest BCUT2D eigenvalue weighted by atomic mass is 16.5. The normalized spacial score (nSPS) is 10.8. The Morgan fingerprint density at radius 2 is 2.36 bits per heavy atom. The predicted molar refractivity (Wildman–Crippen MR) is 56.9 cm³/mol. The first-order valence-electron chi connectivity index (χ1n) is 4.56. The molecule has 14 heavy (non-hydrogen) atoms. The molecule has 0 aliphatic heterocycles. The Balaban J connectivity index is 3.06. The molecule has 0 saturated heterocycles. The molecule has 2 nitrogen and oxygen atoms in total. The van der Waals surface area contributed by atoms with Crippen LogP contribution >= 0.6 is 0 Å². The number of rotatable bonds is 3. The predicted octanol–water partition coefficient (Wildman–Crippen LogP) is 3.01. The summed E-state index contributed by atoms with van der Waals surface area (Å²) in [5.41, 5.74) is 1.61. The summed E-state index contributed by atoms with van der Waals surface area (Å²) in [7, 11) is 1.62. The van der Waals surface area contributed by atoms with Crippen LogP contribution in [0.25, 0.3) is 5.57 Å². The quantitative estimate of drug-likeness (QED) is 0.681. The fourth-order valence-corrected chi connectivity index (χ4v) is 1.22. The summed E-state index contributed by atoms with van der Waals surface area (Å²) in [4.78, 5) is 0. The Labute approximate surface area is 84.4 Å². The average Bonchev–Trinajstić information content (AvgIpc) is 2.26. The number of hydrogen-bond acceptors (Lipinski definition) is 2. The minimum absolute atomic E-state index is 0.700. The molecule has 0 aliphatic carbocycles. The first-order chi connectivity index (χ1) is 6.81. The van der Waals surface area contributed by atoms with Gasteiger partial charge in [0.2, 0.25) is 0 Å². The number of nitriles is 1. The zero-order chi connectivity index (χ0) is 10.4. The van der Waals surface area contributed by atoms with Crippen LogP contribution in [0.1, 0.15) is 18.9 Å². The van der Waals surface area contributed by atoms with Gasteiger partial charge in [0.15, 0.2) is 0 Å². The molecule has 0 radical (unpaired) electrons. The fraction of sp³-hybridized carbons (Fsp3) is 0.250. The lowest BCUT2D eigenvalue weighted by molar-refractivity contribution is 0.414. The molecule has 0 saturated carbocycles. The number of benzene rings is 1. The van der Waals surface area contributed by atoms with E-state index in [-0.39, 0.29) is 0 Å². The maximum absolute atomic E-state index is 8.92. The molecule has 0 unspecified atom stereocenters. The van der Waals surface area contributed by atoms with Crippen LogP contribution in [-0.4, -0.2) is 7.11 Å². The molecule has 0 N–H and O–H groups in total. The molecule has 1 aromatic carbocycles. The van der Waals surface area contributed by atoms with Crippen molar-refractivity contribution in [2.24, 2.45) is 0 Å². The second-order valence-corrected chi connectivity index (χ2v) is 2.87. The highest BCUT2D eigenvalue weighted by Gasteiger charge is 2.00. The summed E-state index contributed by atoms with van der Waals surface area (Å²) < 4.78 is 5.09. The van der Waals surface area contributed by atoms with Gasteiger partial charge >= 0.3 is 0 Å². The number of hydrogen-bond donors (Lipinski definition) is 0. The number of allylic oxidation sites excluding steroid dienone is 2. The Kier molecular flexibility index (Phi) is 3.75. The molecular formula is C12H13NO. The molecule has 0 heterocycles. The van der Waals surface area contributed by atoms with Crippen molar-refractivity contribution in [3.05, 3.63) is 35.9 Å². The van der Waals surface area contributed by atoms with Crippen LogP contribution in [-0.2, 0) is 0 Å². The lowest BCUT2D eigenvalue weighted by atomic mass is 10.1. The zero-order valence-corrected chi connectivity index (χ0v) is 8.45. The van der Waals surface area contributed by atoms with E-state index in [0.717, 1.165) is 17.7 Å². The molecular weight excluding hydrogens is 174 g/mol. The molecule has 1 aromatic rings. The highest BCUT2D eigenvalue weighted by molar-refractivity contribution is 5.77. The average molecular weight is 187 g/mol. The van der Waals surface area contributed by atoms with Gasteiger partial charge in [-0.05, 0) is 24.1 Å². The maximum Gasteiger partial charge on any atom is 0.119 e. The van der Waals surface area contributed by atoms with Crippen molar-refractivity contribution in [2.75, 3.05) is 7.11 Å². The Bertz CT molecular complexity index is 374. The summed E-state index contributed by atoms with van der Waals surface area (Å²) in [6.07, 6.45) is 2.77. The molecule has 0 bridgehead atoms. The van der Waals surface area contributed by atoms with Gasteiger partial charge in [0, 0.05) is 0 Å². The Morgan fingerprint density at radius 1 is 1.57 bits per heavy atom. The SMILES string of the molecule is CC/C=C(/C#N)c1cccc(OC)c1. The number of methoxy groups -OCH3 is 1. The van der Waals surface area contributed by atoms with Gasteiger partial charge in [0.05, 0.1) is 18.8 Å². The van der Waals surface area contributed by atoms with Gasteiger partial charge in [-0.1, -0.05) is 25.1 Å². The van der Waals surface area contributed by atoms with Crippen LogP contribution in [0.15, 0.2) is 30.3 Å². The van der Waals surface area contributed by atoms with E-state index in [1.54, 1.807) is 7.11 Å². The van der Waals surface area contributed by atoms with Crippen LogP contribution in [0.5, 0.6) is 5.75 Å². The molecule has 0 atom stereocenters. The second-order valence-electron chi connectivity index (χ2n) is 2.87. The van der Waals surface area contributed by atoms with Gasteiger partial charge in [-0.25, -0.2) is 0 Å². The largest absolute Gasteiger partial charge is 0.497 e. The minimum atomic E-state index is 0.700. The molecule has 0 amide bonds. The van der Waals surface area contributed by atoms with E-state index in [1.807, 2.05) is 37.3 Å². The van der Waals surface area contributed by atoms with Crippen molar-refractivity contribution in [2.45, 2.75) is 13.3 Å². The van der Waals surface area contributed by atoms with Crippen LogP contribution in [0.4, 0.5) is 0 Å². The minimum Gasteiger partial charge on any atom is -0.497 e. The monoisotopic (exact) mass is 187 g/mol. The molecule has 1 rings (SSSR count). The number of nitrogens with zero attached hydrogens (tertiary/aromatic N) is 1. The van der Waals surface area contributed by atoms with Crippen molar-refractivity contribution in [1.82, 2.24) is 0 Å². The molecule has 0 aliphatic rings. The first kappa shape index (κ1) is 10.3. The van der Waals surface area contributed by atoms with E-state index in [4.69, 9.17) is 10.00 Å². The summed E-state index contributed by atoms with van der Waals surface area (Å²) in [6, 6.07) is 9.70. The third kappa shape index (κ3) is 2.37. The van der Waals surface area contributed by atoms with Crippen molar-refractivity contribution in [1.29, 1.82) is 5.26 Å². The first-order valence-corrected chi connectivity index (χ1v) is 4.56. The highest BCUT2D eigenvalue weighted by Crippen LogP contribution is 2.19. The van der Waals surface area contributed by atoms with E-state index in [0.29, 0.717) is 5.57 Å². The molecule has 2 heteroatoms. The standard InChI is InChI=1S/C12H13NO/c1-3-5-11(9-13)10-6-4-7-12(8-10)14-2/h4-8H,3H2,1-2H3/b11-5-. The van der Waals surface area contributed by atoms with E-state index in [1.165, 1.54) is 0 Å². The van der Waals surface area contributed by atoms with Crippen LogP contribution < -0.4 is 4.74 Å². The molecule has 0 spiro atoms. The smallest absolute Gasteiger partial charge is 0.119 e. The zero-order valence-electron chi connectivity index (χ0n) is 8.45. The van der Waals surface area contributed by atoms with Gasteiger partial charge in [0.1, 0.15) is 5.75 Å². The van der Waals surface area contributed by atoms with E-state index in [9.17, 15) is 0 Å². The maximum atomic E-state index is 8.92. The molecule has 0 aromatic heterocycles. The van der Waals surface area contributed by atoms with Gasteiger partial charge in [0.25, 0.3) is 0 Å². The third-order valence-corrected chi connectivity index (χ3v) is 1.91. The molecule has 0 fully saturated rings. The van der Waals surface area contributed by atoms with Crippen LogP contribution in [0.3, 0.4) is 0 Å². The van der Waals surface area contributed by atoms with Gasteiger partial charge < -0.3 is 4.74 Å². The van der Waals surface area contributed by atoms with Crippen molar-refractivity contribution in [3.8, 4) is 11.8 Å². The van der Waals surface area contributed by atoms with Crippen molar-refractivity contribution < 1.29 is 4.74 Å². The fourth-order valence-electron chi connectivity index (χ4n) is 1.22. The van der Waals surface area contributed by atoms with Gasteiger partial charge in [-0.2, -0.15) is 5.26 Å². The van der Waals surface area contributed by atoms with Gasteiger partial charge in [-0.3, -0.25) is 0 Å². The third-order valence-electron chi connectivity index (χ3n) is 1.91. The van der Waals surface area contributed by atoms with Crippen LogP contribution in [0, 0.1) is 11.3 Å². The lowest BCUT2D eigenvalue weighted by Gasteiger charge is -2.02.